The summed E-state index contributed by atoms with van der Waals surface area (Å²) in [5.74, 6) is -0.138. The number of nitrogens with two attached hydrogens (primary N) is 1. The summed E-state index contributed by atoms with van der Waals surface area (Å²) in [5, 5.41) is 16.8. The maximum atomic E-state index is 13.2. The molecule has 220 valence electrons. The van der Waals surface area contributed by atoms with Gasteiger partial charge in [0.2, 0.25) is 0 Å². The number of H-pyrrole nitrogens is 1. The van der Waals surface area contributed by atoms with E-state index in [9.17, 15) is 19.5 Å². The van der Waals surface area contributed by atoms with Crippen LogP contribution in [0.1, 0.15) is 45.8 Å². The fourth-order valence-electron chi connectivity index (χ4n) is 4.83. The van der Waals surface area contributed by atoms with Crippen molar-refractivity contribution in [3.63, 3.8) is 0 Å². The van der Waals surface area contributed by atoms with Crippen LogP contribution in [0.3, 0.4) is 0 Å². The molecule has 0 aliphatic rings. The minimum Gasteiger partial charge on any atom is -0.496 e. The molecule has 0 atom stereocenters. The Kier molecular flexibility index (Phi) is 7.79. The summed E-state index contributed by atoms with van der Waals surface area (Å²) in [6.07, 6.45) is 1.69. The van der Waals surface area contributed by atoms with Gasteiger partial charge in [0.1, 0.15) is 17.0 Å². The van der Waals surface area contributed by atoms with Crippen LogP contribution >= 0.6 is 0 Å². The van der Waals surface area contributed by atoms with Gasteiger partial charge in [-0.15, -0.1) is 0 Å². The van der Waals surface area contributed by atoms with Crippen LogP contribution in [0.15, 0.2) is 83.8 Å². The first-order valence-corrected chi connectivity index (χ1v) is 13.6. The topological polar surface area (TPSA) is 151 Å². The third kappa shape index (κ3) is 6.00. The number of fused-ring (bicyclic) bond motifs is 1. The monoisotopic (exact) mass is 579 g/mol. The number of aromatic amines is 1. The lowest BCUT2D eigenvalue weighted by Gasteiger charge is -2.20. The molecule has 5 rings (SSSR count). The number of nitrogen functional groups attached to an aromatic ring is 1. The van der Waals surface area contributed by atoms with Crippen molar-refractivity contribution in [2.24, 2.45) is 7.05 Å². The second kappa shape index (κ2) is 11.5. The van der Waals surface area contributed by atoms with E-state index in [1.165, 1.54) is 4.57 Å². The number of hydrogen-bond donors (Lipinski definition) is 5. The number of amides is 2. The Morgan fingerprint density at radius 3 is 2.40 bits per heavy atom. The molecule has 2 aromatic heterocycles. The lowest BCUT2D eigenvalue weighted by Crippen LogP contribution is -2.23. The number of aryl methyl sites for hydroxylation is 1. The molecule has 0 aliphatic heterocycles. The first-order valence-electron chi connectivity index (χ1n) is 13.6. The molecule has 0 saturated carbocycles. The molecule has 0 unspecified atom stereocenters. The molecular weight excluding hydrogens is 546 g/mol. The largest absolute Gasteiger partial charge is 0.496 e. The van der Waals surface area contributed by atoms with Crippen LogP contribution < -0.4 is 26.7 Å². The highest BCUT2D eigenvalue weighted by Crippen LogP contribution is 2.37. The Balaban J connectivity index is 1.37. The standard InChI is InChI=1S/C33H33N5O5/c1-33(2,42)21-13-14-28(43-4)22(15-21)24-18-38(3)32(41)29-23(24)16-27(36-29)31(40)35-17-19-9-11-20(12-10-19)30(39)37-26-8-6-5-7-25(26)34/h5-16,18,36,42H,17,34H2,1-4H3,(H,35,40)(H,37,39). The van der Waals surface area contributed by atoms with E-state index in [1.807, 2.05) is 6.07 Å². The summed E-state index contributed by atoms with van der Waals surface area (Å²) in [6, 6.07) is 20.9. The third-order valence-electron chi connectivity index (χ3n) is 7.28. The average Bonchev–Trinajstić information content (AvgIpc) is 3.44. The van der Waals surface area contributed by atoms with Gasteiger partial charge >= 0.3 is 0 Å². The number of carbonyl (C=O) groups is 2. The highest BCUT2D eigenvalue weighted by Gasteiger charge is 2.22. The molecule has 0 aliphatic carbocycles. The molecule has 5 aromatic rings. The number of methoxy groups -OCH3 is 1. The second-order valence-corrected chi connectivity index (χ2v) is 10.8. The number of nitrogens with zero attached hydrogens (tertiary/aromatic N) is 1. The number of rotatable bonds is 8. The van der Waals surface area contributed by atoms with E-state index in [0.717, 1.165) is 5.56 Å². The number of pyridine rings is 1. The molecule has 0 saturated heterocycles. The summed E-state index contributed by atoms with van der Waals surface area (Å²) in [4.78, 5) is 41.8. The number of carbonyl (C=O) groups excluding carboxylic acids is 2. The summed E-state index contributed by atoms with van der Waals surface area (Å²) < 4.78 is 7.04. The van der Waals surface area contributed by atoms with Crippen LogP contribution in [0, 0.1) is 0 Å². The first kappa shape index (κ1) is 29.2. The van der Waals surface area contributed by atoms with Gasteiger partial charge in [-0.3, -0.25) is 14.4 Å². The minimum atomic E-state index is -1.10. The lowest BCUT2D eigenvalue weighted by atomic mass is 9.93. The van der Waals surface area contributed by atoms with E-state index in [0.29, 0.717) is 44.8 Å². The number of para-hydroxylation sites is 2. The number of hydrogen-bond acceptors (Lipinski definition) is 6. The quantitative estimate of drug-likeness (QED) is 0.170. The van der Waals surface area contributed by atoms with Crippen molar-refractivity contribution in [2.45, 2.75) is 26.0 Å². The lowest BCUT2D eigenvalue weighted by molar-refractivity contribution is 0.0785. The molecule has 2 amide bonds. The van der Waals surface area contributed by atoms with Gasteiger partial charge in [-0.1, -0.05) is 30.3 Å². The predicted octanol–water partition coefficient (Wildman–Crippen LogP) is 4.53. The molecule has 43 heavy (non-hydrogen) atoms. The van der Waals surface area contributed by atoms with Crippen LogP contribution in [-0.4, -0.2) is 33.6 Å². The van der Waals surface area contributed by atoms with Gasteiger partial charge in [0.15, 0.2) is 0 Å². The normalized spacial score (nSPS) is 11.4. The van der Waals surface area contributed by atoms with Crippen LogP contribution in [-0.2, 0) is 19.2 Å². The molecule has 0 fully saturated rings. The van der Waals surface area contributed by atoms with E-state index in [2.05, 4.69) is 15.6 Å². The van der Waals surface area contributed by atoms with Crippen molar-refractivity contribution in [2.75, 3.05) is 18.2 Å². The Hall–Kier alpha value is -5.35. The number of aliphatic hydroxyl groups is 1. The van der Waals surface area contributed by atoms with Crippen LogP contribution in [0.25, 0.3) is 22.0 Å². The molecule has 0 spiro atoms. The minimum absolute atomic E-state index is 0.202. The van der Waals surface area contributed by atoms with Crippen molar-refractivity contribution >= 4 is 34.1 Å². The highest BCUT2D eigenvalue weighted by molar-refractivity contribution is 6.06. The van der Waals surface area contributed by atoms with E-state index in [1.54, 1.807) is 101 Å². The smallest absolute Gasteiger partial charge is 0.274 e. The average molecular weight is 580 g/mol. The van der Waals surface area contributed by atoms with Gasteiger partial charge in [-0.05, 0) is 67.4 Å². The Morgan fingerprint density at radius 2 is 1.72 bits per heavy atom. The summed E-state index contributed by atoms with van der Waals surface area (Å²) >= 11 is 0. The number of anilines is 2. The van der Waals surface area contributed by atoms with Gasteiger partial charge in [-0.25, -0.2) is 0 Å². The maximum Gasteiger partial charge on any atom is 0.274 e. The zero-order valence-corrected chi connectivity index (χ0v) is 24.3. The van der Waals surface area contributed by atoms with E-state index in [-0.39, 0.29) is 29.2 Å². The Morgan fingerprint density at radius 1 is 1.00 bits per heavy atom. The molecule has 3 aromatic carbocycles. The van der Waals surface area contributed by atoms with Gasteiger partial charge in [0, 0.05) is 41.9 Å². The first-order chi connectivity index (χ1) is 20.5. The van der Waals surface area contributed by atoms with Crippen molar-refractivity contribution < 1.29 is 19.4 Å². The van der Waals surface area contributed by atoms with E-state index < -0.39 is 11.5 Å². The Labute approximate surface area is 248 Å². The molecule has 0 bridgehead atoms. The maximum absolute atomic E-state index is 13.2. The van der Waals surface area contributed by atoms with Crippen LogP contribution in [0.2, 0.25) is 0 Å². The predicted molar refractivity (Wildman–Crippen MR) is 167 cm³/mol. The van der Waals surface area contributed by atoms with Crippen molar-refractivity contribution in [3.8, 4) is 16.9 Å². The van der Waals surface area contributed by atoms with Gasteiger partial charge in [-0.2, -0.15) is 0 Å². The number of benzene rings is 3. The van der Waals surface area contributed by atoms with Crippen LogP contribution in [0.5, 0.6) is 5.75 Å². The van der Waals surface area contributed by atoms with Crippen molar-refractivity contribution in [3.05, 3.63) is 112 Å². The molecule has 6 N–H and O–H groups in total. The zero-order chi connectivity index (χ0) is 30.9. The number of aromatic nitrogens is 2. The second-order valence-electron chi connectivity index (χ2n) is 10.8. The van der Waals surface area contributed by atoms with E-state index >= 15 is 0 Å². The van der Waals surface area contributed by atoms with Crippen LogP contribution in [0.4, 0.5) is 11.4 Å². The summed E-state index contributed by atoms with van der Waals surface area (Å²) in [7, 11) is 3.19. The fourth-order valence-corrected chi connectivity index (χ4v) is 4.83. The third-order valence-corrected chi connectivity index (χ3v) is 7.28. The molecule has 10 nitrogen and oxygen atoms in total. The van der Waals surface area contributed by atoms with Gasteiger partial charge < -0.3 is 35.8 Å². The van der Waals surface area contributed by atoms with Gasteiger partial charge in [0.05, 0.1) is 24.1 Å². The molecule has 2 heterocycles. The molecule has 0 radical (unpaired) electrons. The molecular formula is C33H33N5O5. The SMILES string of the molecule is COc1ccc(C(C)(C)O)cc1-c1cn(C)c(=O)c2[nH]c(C(=O)NCc3ccc(C(=O)Nc4ccccc4N)cc3)cc12. The number of ether oxygens (including phenoxy) is 1. The zero-order valence-electron chi connectivity index (χ0n) is 24.3. The summed E-state index contributed by atoms with van der Waals surface area (Å²) in [6.45, 7) is 3.59. The highest BCUT2D eigenvalue weighted by atomic mass is 16.5. The fraction of sp³-hybridized carbons (Fsp3) is 0.182. The van der Waals surface area contributed by atoms with Crippen molar-refractivity contribution in [1.29, 1.82) is 0 Å². The summed E-state index contributed by atoms with van der Waals surface area (Å²) in [5.41, 5.74) is 9.26. The molecule has 10 heteroatoms. The van der Waals surface area contributed by atoms with Gasteiger partial charge in [0.25, 0.3) is 17.4 Å². The Bertz CT molecular complexity index is 1900. The number of nitrogens with one attached hydrogen (secondary N) is 3. The van der Waals surface area contributed by atoms with Crippen molar-refractivity contribution in [1.82, 2.24) is 14.9 Å². The van der Waals surface area contributed by atoms with E-state index in [4.69, 9.17) is 10.5 Å².